The lowest BCUT2D eigenvalue weighted by Crippen LogP contribution is -2.31. The monoisotopic (exact) mass is 261 g/mol. The van der Waals surface area contributed by atoms with Crippen molar-refractivity contribution in [3.8, 4) is 11.5 Å². The summed E-state index contributed by atoms with van der Waals surface area (Å²) in [5, 5.41) is 0. The molecule has 0 aliphatic heterocycles. The fraction of sp³-hybridized carbons (Fsp3) is 0.267. The van der Waals surface area contributed by atoms with E-state index < -0.39 is 0 Å². The van der Waals surface area contributed by atoms with E-state index in [4.69, 9.17) is 9.47 Å². The van der Waals surface area contributed by atoms with E-state index in [-0.39, 0.29) is 5.91 Å². The van der Waals surface area contributed by atoms with Gasteiger partial charge >= 0.3 is 0 Å². The minimum absolute atomic E-state index is 0.0965. The number of methoxy groups -OCH3 is 2. The molecule has 0 aromatic heterocycles. The Morgan fingerprint density at radius 1 is 1.16 bits per heavy atom. The molecule has 4 heteroatoms. The third-order valence-corrected chi connectivity index (χ3v) is 2.62. The van der Waals surface area contributed by atoms with Gasteiger partial charge in [-0.05, 0) is 18.2 Å². The zero-order valence-electron chi connectivity index (χ0n) is 11.4. The van der Waals surface area contributed by atoms with E-state index in [9.17, 15) is 4.79 Å². The normalized spacial score (nSPS) is 9.58. The van der Waals surface area contributed by atoms with Gasteiger partial charge in [-0.2, -0.15) is 0 Å². The molecule has 0 saturated carbocycles. The lowest BCUT2D eigenvalue weighted by Gasteiger charge is -2.20. The number of benzene rings is 1. The summed E-state index contributed by atoms with van der Waals surface area (Å²) in [6, 6.07) is 5.09. The number of ether oxygens (including phenoxy) is 2. The molecule has 0 spiro atoms. The van der Waals surface area contributed by atoms with Gasteiger partial charge in [0.1, 0.15) is 0 Å². The number of hydrogen-bond donors (Lipinski definition) is 0. The second-order valence-corrected chi connectivity index (χ2v) is 3.86. The molecule has 0 aliphatic carbocycles. The molecule has 0 heterocycles. The zero-order chi connectivity index (χ0) is 14.3. The van der Waals surface area contributed by atoms with Gasteiger partial charge in [0, 0.05) is 18.7 Å². The highest BCUT2D eigenvalue weighted by atomic mass is 16.5. The minimum atomic E-state index is -0.0965. The van der Waals surface area contributed by atoms with Crippen LogP contribution in [0.4, 0.5) is 0 Å². The lowest BCUT2D eigenvalue weighted by atomic mass is 10.1. The molecule has 102 valence electrons. The molecule has 1 rings (SSSR count). The molecule has 4 nitrogen and oxygen atoms in total. The Kier molecular flexibility index (Phi) is 5.67. The van der Waals surface area contributed by atoms with Crippen LogP contribution in [0.25, 0.3) is 0 Å². The van der Waals surface area contributed by atoms with Crippen molar-refractivity contribution in [2.24, 2.45) is 0 Å². The average Bonchev–Trinajstić information content (AvgIpc) is 2.45. The smallest absolute Gasteiger partial charge is 0.254 e. The molecule has 0 fully saturated rings. The molecule has 0 aliphatic rings. The Balaban J connectivity index is 3.03. The van der Waals surface area contributed by atoms with Gasteiger partial charge in [-0.1, -0.05) is 12.2 Å². The van der Waals surface area contributed by atoms with Gasteiger partial charge in [0.05, 0.1) is 14.2 Å². The van der Waals surface area contributed by atoms with Gasteiger partial charge in [0.25, 0.3) is 5.91 Å². The van der Waals surface area contributed by atoms with E-state index >= 15 is 0 Å². The van der Waals surface area contributed by atoms with Crippen molar-refractivity contribution >= 4 is 5.91 Å². The van der Waals surface area contributed by atoms with Crippen LogP contribution >= 0.6 is 0 Å². The first kappa shape index (κ1) is 14.8. The van der Waals surface area contributed by atoms with Crippen LogP contribution in [0.2, 0.25) is 0 Å². The second-order valence-electron chi connectivity index (χ2n) is 3.86. The maximum Gasteiger partial charge on any atom is 0.254 e. The van der Waals surface area contributed by atoms with E-state index in [1.165, 1.54) is 7.11 Å². The second kappa shape index (κ2) is 7.26. The van der Waals surface area contributed by atoms with Crippen LogP contribution in [0.3, 0.4) is 0 Å². The third-order valence-electron chi connectivity index (χ3n) is 2.62. The topological polar surface area (TPSA) is 38.8 Å². The van der Waals surface area contributed by atoms with Crippen molar-refractivity contribution in [2.45, 2.75) is 0 Å². The predicted molar refractivity (Wildman–Crippen MR) is 75.8 cm³/mol. The Morgan fingerprint density at radius 3 is 2.21 bits per heavy atom. The SMILES string of the molecule is C=CCN(CC=C)C(=O)c1ccc(OC)c(OC)c1. The molecule has 0 bridgehead atoms. The lowest BCUT2D eigenvalue weighted by molar-refractivity contribution is 0.0790. The quantitative estimate of drug-likeness (QED) is 0.708. The molecule has 0 unspecified atom stereocenters. The van der Waals surface area contributed by atoms with E-state index in [0.717, 1.165) is 0 Å². The molecule has 1 aromatic carbocycles. The summed E-state index contributed by atoms with van der Waals surface area (Å²) >= 11 is 0. The maximum atomic E-state index is 12.3. The van der Waals surface area contributed by atoms with E-state index in [1.54, 1.807) is 42.4 Å². The summed E-state index contributed by atoms with van der Waals surface area (Å²) in [5.41, 5.74) is 0.543. The summed E-state index contributed by atoms with van der Waals surface area (Å²) in [7, 11) is 3.10. The van der Waals surface area contributed by atoms with Crippen LogP contribution < -0.4 is 9.47 Å². The van der Waals surface area contributed by atoms with Gasteiger partial charge in [0.15, 0.2) is 11.5 Å². The number of nitrogens with zero attached hydrogens (tertiary/aromatic N) is 1. The molecule has 1 aromatic rings. The van der Waals surface area contributed by atoms with Crippen LogP contribution in [-0.4, -0.2) is 38.1 Å². The Hall–Kier alpha value is -2.23. The summed E-state index contributed by atoms with van der Waals surface area (Å²) < 4.78 is 10.3. The third kappa shape index (κ3) is 3.61. The van der Waals surface area contributed by atoms with Gasteiger partial charge < -0.3 is 14.4 Å². The summed E-state index contributed by atoms with van der Waals surface area (Å²) in [5.74, 6) is 1.03. The van der Waals surface area contributed by atoms with Crippen molar-refractivity contribution in [3.05, 3.63) is 49.1 Å². The highest BCUT2D eigenvalue weighted by molar-refractivity contribution is 5.95. The summed E-state index contributed by atoms with van der Waals surface area (Å²) in [6.45, 7) is 8.24. The Morgan fingerprint density at radius 2 is 1.74 bits per heavy atom. The van der Waals surface area contributed by atoms with Crippen LogP contribution in [0.1, 0.15) is 10.4 Å². The summed E-state index contributed by atoms with van der Waals surface area (Å²) in [6.07, 6.45) is 3.37. The number of amides is 1. The predicted octanol–water partition coefficient (Wildman–Crippen LogP) is 2.52. The van der Waals surface area contributed by atoms with Crippen molar-refractivity contribution in [2.75, 3.05) is 27.3 Å². The first-order chi connectivity index (χ1) is 9.17. The fourth-order valence-electron chi connectivity index (χ4n) is 1.70. The number of hydrogen-bond acceptors (Lipinski definition) is 3. The van der Waals surface area contributed by atoms with E-state index in [2.05, 4.69) is 13.2 Å². The Bertz CT molecular complexity index is 458. The van der Waals surface area contributed by atoms with Crippen molar-refractivity contribution in [1.29, 1.82) is 0 Å². The molecule has 19 heavy (non-hydrogen) atoms. The van der Waals surface area contributed by atoms with Crippen LogP contribution in [-0.2, 0) is 0 Å². The number of carbonyl (C=O) groups is 1. The molecular formula is C15H19NO3. The largest absolute Gasteiger partial charge is 0.493 e. The standard InChI is InChI=1S/C15H19NO3/c1-5-9-16(10-6-2)15(17)12-7-8-13(18-3)14(11-12)19-4/h5-8,11H,1-2,9-10H2,3-4H3. The zero-order valence-corrected chi connectivity index (χ0v) is 11.4. The van der Waals surface area contributed by atoms with E-state index in [1.807, 2.05) is 0 Å². The van der Waals surface area contributed by atoms with Crippen LogP contribution in [0.5, 0.6) is 11.5 Å². The van der Waals surface area contributed by atoms with Crippen LogP contribution in [0, 0.1) is 0 Å². The number of rotatable bonds is 7. The summed E-state index contributed by atoms with van der Waals surface area (Å²) in [4.78, 5) is 14.0. The van der Waals surface area contributed by atoms with E-state index in [0.29, 0.717) is 30.2 Å². The van der Waals surface area contributed by atoms with Crippen LogP contribution in [0.15, 0.2) is 43.5 Å². The van der Waals surface area contributed by atoms with Crippen molar-refractivity contribution < 1.29 is 14.3 Å². The average molecular weight is 261 g/mol. The highest BCUT2D eigenvalue weighted by Crippen LogP contribution is 2.28. The van der Waals surface area contributed by atoms with Gasteiger partial charge in [0.2, 0.25) is 0 Å². The maximum absolute atomic E-state index is 12.3. The first-order valence-electron chi connectivity index (χ1n) is 5.91. The highest BCUT2D eigenvalue weighted by Gasteiger charge is 2.15. The molecular weight excluding hydrogens is 242 g/mol. The molecule has 1 amide bonds. The molecule has 0 N–H and O–H groups in total. The van der Waals surface area contributed by atoms with Gasteiger partial charge in [-0.25, -0.2) is 0 Å². The number of carbonyl (C=O) groups excluding carboxylic acids is 1. The molecule has 0 atom stereocenters. The molecule has 0 radical (unpaired) electrons. The van der Waals surface area contributed by atoms with Crippen molar-refractivity contribution in [1.82, 2.24) is 4.90 Å². The fourth-order valence-corrected chi connectivity index (χ4v) is 1.70. The van der Waals surface area contributed by atoms with Gasteiger partial charge in [-0.3, -0.25) is 4.79 Å². The first-order valence-corrected chi connectivity index (χ1v) is 5.91. The van der Waals surface area contributed by atoms with Gasteiger partial charge in [-0.15, -0.1) is 13.2 Å². The van der Waals surface area contributed by atoms with Crippen molar-refractivity contribution in [3.63, 3.8) is 0 Å². The molecule has 0 saturated heterocycles. The Labute approximate surface area is 113 Å². The minimum Gasteiger partial charge on any atom is -0.493 e.